The molecule has 0 aliphatic rings. The van der Waals surface area contributed by atoms with Crippen molar-refractivity contribution in [2.75, 3.05) is 12.0 Å². The highest BCUT2D eigenvalue weighted by molar-refractivity contribution is 9.10. The number of hydrogen-bond donors (Lipinski definition) is 1. The molecule has 1 aromatic heterocycles. The Morgan fingerprint density at radius 2 is 1.85 bits per heavy atom. The van der Waals surface area contributed by atoms with Crippen molar-refractivity contribution in [1.82, 2.24) is 4.98 Å². The van der Waals surface area contributed by atoms with Crippen LogP contribution in [0.5, 0.6) is 0 Å². The van der Waals surface area contributed by atoms with Gasteiger partial charge in [0.15, 0.2) is 9.84 Å². The predicted molar refractivity (Wildman–Crippen MR) is 84.8 cm³/mol. The molecular formula is C13H13BrN2O2S2. The third kappa shape index (κ3) is 3.34. The summed E-state index contributed by atoms with van der Waals surface area (Å²) in [5.41, 5.74) is 7.36. The Kier molecular flexibility index (Phi) is 4.41. The summed E-state index contributed by atoms with van der Waals surface area (Å²) in [6, 6.07) is 6.72. The van der Waals surface area contributed by atoms with Gasteiger partial charge in [0.1, 0.15) is 5.03 Å². The van der Waals surface area contributed by atoms with Gasteiger partial charge < -0.3 is 5.73 Å². The van der Waals surface area contributed by atoms with Gasteiger partial charge in [-0.25, -0.2) is 13.4 Å². The van der Waals surface area contributed by atoms with Gasteiger partial charge >= 0.3 is 0 Å². The lowest BCUT2D eigenvalue weighted by Crippen LogP contribution is -1.96. The summed E-state index contributed by atoms with van der Waals surface area (Å²) < 4.78 is 23.7. The third-order valence-corrected chi connectivity index (χ3v) is 6.11. The van der Waals surface area contributed by atoms with E-state index >= 15 is 0 Å². The molecule has 7 heteroatoms. The number of aromatic nitrogens is 1. The molecule has 0 atom stereocenters. The monoisotopic (exact) mass is 372 g/mol. The zero-order valence-corrected chi connectivity index (χ0v) is 14.1. The first-order valence-corrected chi connectivity index (χ1v) is 9.17. The minimum atomic E-state index is -3.16. The van der Waals surface area contributed by atoms with E-state index in [-0.39, 0.29) is 0 Å². The largest absolute Gasteiger partial charge is 0.397 e. The molecule has 0 bridgehead atoms. The van der Waals surface area contributed by atoms with Crippen molar-refractivity contribution in [2.45, 2.75) is 21.7 Å². The summed E-state index contributed by atoms with van der Waals surface area (Å²) in [6.07, 6.45) is 2.81. The second kappa shape index (κ2) is 5.75. The quantitative estimate of drug-likeness (QED) is 0.894. The van der Waals surface area contributed by atoms with Crippen molar-refractivity contribution in [2.24, 2.45) is 0 Å². The molecule has 1 aromatic carbocycles. The second-order valence-electron chi connectivity index (χ2n) is 4.30. The highest BCUT2D eigenvalue weighted by atomic mass is 79.9. The molecule has 0 fully saturated rings. The lowest BCUT2D eigenvalue weighted by atomic mass is 10.3. The molecule has 0 aliphatic heterocycles. The van der Waals surface area contributed by atoms with Crippen LogP contribution >= 0.6 is 27.7 Å². The third-order valence-electron chi connectivity index (χ3n) is 2.74. The van der Waals surface area contributed by atoms with Crippen LogP contribution in [0.4, 0.5) is 5.69 Å². The Balaban J connectivity index is 2.30. The molecule has 0 amide bonds. The molecule has 4 nitrogen and oxygen atoms in total. The number of sulfone groups is 1. The molecule has 1 heterocycles. The maximum atomic E-state index is 11.4. The van der Waals surface area contributed by atoms with E-state index in [1.807, 2.05) is 6.92 Å². The fourth-order valence-corrected chi connectivity index (χ4v) is 3.55. The number of pyridine rings is 1. The smallest absolute Gasteiger partial charge is 0.175 e. The van der Waals surface area contributed by atoms with Crippen molar-refractivity contribution in [3.8, 4) is 0 Å². The van der Waals surface area contributed by atoms with Gasteiger partial charge in [0.25, 0.3) is 0 Å². The van der Waals surface area contributed by atoms with E-state index in [4.69, 9.17) is 5.73 Å². The molecule has 0 aliphatic carbocycles. The predicted octanol–water partition coefficient (Wildman–Crippen LogP) is 3.29. The number of nitrogen functional groups attached to an aromatic ring is 1. The average Bonchev–Trinajstić information content (AvgIpc) is 2.39. The molecule has 0 unspecified atom stereocenters. The zero-order chi connectivity index (χ0) is 14.9. The van der Waals surface area contributed by atoms with E-state index in [1.165, 1.54) is 18.0 Å². The molecule has 0 radical (unpaired) electrons. The summed E-state index contributed by atoms with van der Waals surface area (Å²) in [5, 5.41) is 0.795. The molecule has 2 aromatic rings. The summed E-state index contributed by atoms with van der Waals surface area (Å²) >= 11 is 4.92. The lowest BCUT2D eigenvalue weighted by Gasteiger charge is -2.08. The number of rotatable bonds is 3. The molecule has 106 valence electrons. The SMILES string of the molecule is Cc1c(N)cnc(Sc2ccc(S(C)(=O)=O)cc2)c1Br. The van der Waals surface area contributed by atoms with Gasteiger partial charge in [-0.15, -0.1) is 0 Å². The average molecular weight is 373 g/mol. The zero-order valence-electron chi connectivity index (χ0n) is 10.9. The first kappa shape index (κ1) is 15.3. The van der Waals surface area contributed by atoms with Gasteiger partial charge in [0.05, 0.1) is 21.3 Å². The molecular weight excluding hydrogens is 360 g/mol. The van der Waals surface area contributed by atoms with Crippen LogP contribution in [0.2, 0.25) is 0 Å². The summed E-state index contributed by atoms with van der Waals surface area (Å²) in [4.78, 5) is 5.50. The molecule has 0 saturated carbocycles. The van der Waals surface area contributed by atoms with Gasteiger partial charge in [-0.2, -0.15) is 0 Å². The van der Waals surface area contributed by atoms with Crippen LogP contribution in [0, 0.1) is 6.92 Å². The number of nitrogens with zero attached hydrogens (tertiary/aromatic N) is 1. The van der Waals surface area contributed by atoms with Gasteiger partial charge in [-0.05, 0) is 52.7 Å². The van der Waals surface area contributed by atoms with Crippen LogP contribution in [0.3, 0.4) is 0 Å². The minimum Gasteiger partial charge on any atom is -0.397 e. The Morgan fingerprint density at radius 1 is 1.25 bits per heavy atom. The van der Waals surface area contributed by atoms with Crippen LogP contribution in [0.25, 0.3) is 0 Å². The molecule has 2 rings (SSSR count). The maximum Gasteiger partial charge on any atom is 0.175 e. The molecule has 20 heavy (non-hydrogen) atoms. The number of benzene rings is 1. The standard InChI is InChI=1S/C13H13BrN2O2S2/c1-8-11(15)7-16-13(12(8)14)19-9-3-5-10(6-4-9)20(2,17)18/h3-7H,15H2,1-2H3. The van der Waals surface area contributed by atoms with Crippen LogP contribution in [-0.2, 0) is 9.84 Å². The number of halogens is 1. The highest BCUT2D eigenvalue weighted by Crippen LogP contribution is 2.35. The van der Waals surface area contributed by atoms with Gasteiger partial charge in [0.2, 0.25) is 0 Å². The van der Waals surface area contributed by atoms with E-state index in [9.17, 15) is 8.42 Å². The van der Waals surface area contributed by atoms with Crippen LogP contribution < -0.4 is 5.73 Å². The number of nitrogens with two attached hydrogens (primary N) is 1. The van der Waals surface area contributed by atoms with E-state index in [1.54, 1.807) is 30.5 Å². The van der Waals surface area contributed by atoms with Crippen molar-refractivity contribution in [3.05, 3.63) is 40.5 Å². The Labute approximate surface area is 130 Å². The van der Waals surface area contributed by atoms with Crippen molar-refractivity contribution in [1.29, 1.82) is 0 Å². The van der Waals surface area contributed by atoms with Crippen molar-refractivity contribution in [3.63, 3.8) is 0 Å². The van der Waals surface area contributed by atoms with Crippen LogP contribution in [0.15, 0.2) is 49.8 Å². The maximum absolute atomic E-state index is 11.4. The van der Waals surface area contributed by atoms with E-state index in [0.717, 1.165) is 20.0 Å². The Morgan fingerprint density at radius 3 is 2.40 bits per heavy atom. The van der Waals surface area contributed by atoms with Crippen LogP contribution in [-0.4, -0.2) is 19.7 Å². The molecule has 0 spiro atoms. The Bertz CT molecular complexity index is 744. The molecule has 2 N–H and O–H groups in total. The first-order valence-electron chi connectivity index (χ1n) is 5.67. The Hall–Kier alpha value is -1.05. The summed E-state index contributed by atoms with van der Waals surface area (Å²) in [5.74, 6) is 0. The van der Waals surface area contributed by atoms with E-state index < -0.39 is 9.84 Å². The highest BCUT2D eigenvalue weighted by Gasteiger charge is 2.10. The summed E-state index contributed by atoms with van der Waals surface area (Å²) in [7, 11) is -3.16. The summed E-state index contributed by atoms with van der Waals surface area (Å²) in [6.45, 7) is 1.91. The van der Waals surface area contributed by atoms with Crippen molar-refractivity contribution < 1.29 is 8.42 Å². The normalized spacial score (nSPS) is 11.6. The number of anilines is 1. The first-order chi connectivity index (χ1) is 9.29. The fraction of sp³-hybridized carbons (Fsp3) is 0.154. The van der Waals surface area contributed by atoms with Crippen LogP contribution in [0.1, 0.15) is 5.56 Å². The number of hydrogen-bond acceptors (Lipinski definition) is 5. The lowest BCUT2D eigenvalue weighted by molar-refractivity contribution is 0.602. The topological polar surface area (TPSA) is 73.0 Å². The van der Waals surface area contributed by atoms with Gasteiger partial charge in [-0.1, -0.05) is 11.8 Å². The van der Waals surface area contributed by atoms with Gasteiger partial charge in [-0.3, -0.25) is 0 Å². The van der Waals surface area contributed by atoms with Crippen molar-refractivity contribution >= 4 is 43.2 Å². The van der Waals surface area contributed by atoms with E-state index in [0.29, 0.717) is 10.6 Å². The minimum absolute atomic E-state index is 0.308. The fourth-order valence-electron chi connectivity index (χ4n) is 1.51. The molecule has 0 saturated heterocycles. The van der Waals surface area contributed by atoms with Gasteiger partial charge in [0, 0.05) is 11.2 Å². The second-order valence-corrected chi connectivity index (χ2v) is 8.17. The van der Waals surface area contributed by atoms with E-state index in [2.05, 4.69) is 20.9 Å².